The molecular weight excluding hydrogens is 342 g/mol. The van der Waals surface area contributed by atoms with E-state index in [2.05, 4.69) is 40.9 Å². The molecule has 4 atom stereocenters. The van der Waals surface area contributed by atoms with E-state index in [1.54, 1.807) is 0 Å². The largest absolute Gasteiger partial charge is 0.481 e. The van der Waals surface area contributed by atoms with E-state index in [0.29, 0.717) is 24.2 Å². The highest BCUT2D eigenvalue weighted by atomic mass is 79.9. The van der Waals surface area contributed by atoms with Gasteiger partial charge in [0.2, 0.25) is 0 Å². The number of aryl methyl sites for hydroxylation is 1. The molecule has 0 radical (unpaired) electrons. The standard InChI is InChI=1S/C18H20BrNO2/c1-9-7-12(19)10-8-13-11-3-4-14(21)17-18(11,5-6-20(13)2)15(10)16(9)22-17/h7,11,13,17H,3-6,8H2,1-2H3/t11?,13?,17-,18-/m1/s1. The van der Waals surface area contributed by atoms with Gasteiger partial charge in [-0.25, -0.2) is 0 Å². The minimum Gasteiger partial charge on any atom is -0.481 e. The number of Topliss-reactive ketones (excluding diaryl/α,β-unsaturated/α-hetero) is 1. The number of halogens is 1. The Morgan fingerprint density at radius 2 is 2.27 bits per heavy atom. The fraction of sp³-hybridized carbons (Fsp3) is 0.611. The molecule has 3 nitrogen and oxygen atoms in total. The van der Waals surface area contributed by atoms with Gasteiger partial charge in [0.1, 0.15) is 5.75 Å². The third-order valence-corrected chi connectivity index (χ3v) is 7.37. The van der Waals surface area contributed by atoms with Crippen molar-refractivity contribution < 1.29 is 9.53 Å². The molecule has 2 unspecified atom stereocenters. The molecule has 2 heterocycles. The lowest BCUT2D eigenvalue weighted by Crippen LogP contribution is -2.65. The molecular formula is C18H20BrNO2. The van der Waals surface area contributed by atoms with Gasteiger partial charge in [-0.3, -0.25) is 4.79 Å². The average molecular weight is 362 g/mol. The van der Waals surface area contributed by atoms with Crippen molar-refractivity contribution in [2.75, 3.05) is 13.6 Å². The van der Waals surface area contributed by atoms with Crippen molar-refractivity contribution in [2.45, 2.75) is 50.2 Å². The topological polar surface area (TPSA) is 29.5 Å². The molecule has 0 N–H and O–H groups in total. The minimum atomic E-state index is -0.232. The zero-order valence-corrected chi connectivity index (χ0v) is 14.6. The normalized spacial score (nSPS) is 38.7. The highest BCUT2D eigenvalue weighted by Gasteiger charge is 2.65. The van der Waals surface area contributed by atoms with Gasteiger partial charge >= 0.3 is 0 Å². The number of likely N-dealkylation sites (N-methyl/N-ethyl adjacent to an activating group) is 1. The van der Waals surface area contributed by atoms with Crippen molar-refractivity contribution in [3.63, 3.8) is 0 Å². The highest BCUT2D eigenvalue weighted by Crippen LogP contribution is 2.62. The molecule has 4 heteroatoms. The van der Waals surface area contributed by atoms with Gasteiger partial charge in [0.05, 0.1) is 0 Å². The van der Waals surface area contributed by atoms with Crippen LogP contribution in [0, 0.1) is 12.8 Å². The van der Waals surface area contributed by atoms with Crippen LogP contribution >= 0.6 is 15.9 Å². The van der Waals surface area contributed by atoms with Gasteiger partial charge in [-0.05, 0) is 62.9 Å². The molecule has 1 aromatic rings. The molecule has 5 rings (SSSR count). The maximum Gasteiger partial charge on any atom is 0.174 e. The Morgan fingerprint density at radius 3 is 3.09 bits per heavy atom. The lowest BCUT2D eigenvalue weighted by atomic mass is 9.51. The summed E-state index contributed by atoms with van der Waals surface area (Å²) in [6, 6.07) is 2.72. The number of hydrogen-bond donors (Lipinski definition) is 0. The van der Waals surface area contributed by atoms with Crippen molar-refractivity contribution in [1.29, 1.82) is 0 Å². The number of ketones is 1. The second-order valence-corrected chi connectivity index (χ2v) is 8.36. The summed E-state index contributed by atoms with van der Waals surface area (Å²) >= 11 is 3.78. The van der Waals surface area contributed by atoms with Crippen molar-refractivity contribution in [3.8, 4) is 5.75 Å². The van der Waals surface area contributed by atoms with Gasteiger partial charge < -0.3 is 9.64 Å². The monoisotopic (exact) mass is 361 g/mol. The van der Waals surface area contributed by atoms with Gasteiger partial charge in [-0.2, -0.15) is 0 Å². The molecule has 0 aromatic heterocycles. The van der Waals surface area contributed by atoms with E-state index < -0.39 is 0 Å². The summed E-state index contributed by atoms with van der Waals surface area (Å²) in [4.78, 5) is 15.2. The van der Waals surface area contributed by atoms with Crippen LogP contribution in [0.2, 0.25) is 0 Å². The fourth-order valence-electron chi connectivity index (χ4n) is 5.73. The van der Waals surface area contributed by atoms with Gasteiger partial charge in [-0.15, -0.1) is 0 Å². The van der Waals surface area contributed by atoms with Crippen LogP contribution in [-0.2, 0) is 16.6 Å². The lowest BCUT2D eigenvalue weighted by molar-refractivity contribution is -0.138. The second kappa shape index (κ2) is 4.15. The molecule has 2 bridgehead atoms. The number of likely N-dealkylation sites (tertiary alicyclic amines) is 1. The molecule has 1 aromatic carbocycles. The quantitative estimate of drug-likeness (QED) is 0.711. The van der Waals surface area contributed by atoms with E-state index in [9.17, 15) is 4.79 Å². The number of rotatable bonds is 0. The predicted molar refractivity (Wildman–Crippen MR) is 87.4 cm³/mol. The van der Waals surface area contributed by atoms with Crippen molar-refractivity contribution in [2.24, 2.45) is 5.92 Å². The van der Waals surface area contributed by atoms with Gasteiger partial charge in [0.15, 0.2) is 11.9 Å². The van der Waals surface area contributed by atoms with Crippen molar-refractivity contribution in [3.05, 3.63) is 27.2 Å². The first-order valence-electron chi connectivity index (χ1n) is 8.26. The predicted octanol–water partition coefficient (Wildman–Crippen LogP) is 3.00. The summed E-state index contributed by atoms with van der Waals surface area (Å²) < 4.78 is 7.52. The number of hydrogen-bond acceptors (Lipinski definition) is 3. The Hall–Kier alpha value is -0.870. The third kappa shape index (κ3) is 1.35. The van der Waals surface area contributed by atoms with Crippen LogP contribution in [0.15, 0.2) is 10.5 Å². The highest BCUT2D eigenvalue weighted by molar-refractivity contribution is 9.10. The summed E-state index contributed by atoms with van der Waals surface area (Å²) in [6.45, 7) is 3.17. The van der Waals surface area contributed by atoms with Crippen LogP contribution in [0.4, 0.5) is 0 Å². The summed E-state index contributed by atoms with van der Waals surface area (Å²) in [5.74, 6) is 1.90. The molecule has 22 heavy (non-hydrogen) atoms. The molecule has 116 valence electrons. The molecule has 1 saturated heterocycles. The van der Waals surface area contributed by atoms with Crippen LogP contribution in [0.25, 0.3) is 0 Å². The summed E-state index contributed by atoms with van der Waals surface area (Å²) in [7, 11) is 2.24. The van der Waals surface area contributed by atoms with E-state index >= 15 is 0 Å². The number of nitrogens with zero attached hydrogens (tertiary/aromatic N) is 1. The van der Waals surface area contributed by atoms with Crippen LogP contribution in [-0.4, -0.2) is 36.4 Å². The van der Waals surface area contributed by atoms with Crippen LogP contribution in [0.5, 0.6) is 5.75 Å². The molecule has 2 aliphatic carbocycles. The zero-order chi connectivity index (χ0) is 15.2. The molecule has 0 amide bonds. The summed E-state index contributed by atoms with van der Waals surface area (Å²) in [5.41, 5.74) is 3.89. The van der Waals surface area contributed by atoms with E-state index in [1.807, 2.05) is 0 Å². The summed E-state index contributed by atoms with van der Waals surface area (Å²) in [5, 5.41) is 0. The van der Waals surface area contributed by atoms with E-state index in [4.69, 9.17) is 4.74 Å². The third-order valence-electron chi connectivity index (χ3n) is 6.67. The van der Waals surface area contributed by atoms with Crippen LogP contribution in [0.3, 0.4) is 0 Å². The first-order chi connectivity index (χ1) is 10.5. The van der Waals surface area contributed by atoms with Crippen LogP contribution in [0.1, 0.15) is 36.0 Å². The zero-order valence-electron chi connectivity index (χ0n) is 13.0. The maximum absolute atomic E-state index is 12.6. The first kappa shape index (κ1) is 13.6. The van der Waals surface area contributed by atoms with Crippen molar-refractivity contribution >= 4 is 21.7 Å². The Balaban J connectivity index is 1.86. The number of carbonyl (C=O) groups is 1. The van der Waals surface area contributed by atoms with E-state index in [1.165, 1.54) is 21.2 Å². The molecule has 2 aliphatic heterocycles. The summed E-state index contributed by atoms with van der Waals surface area (Å²) in [6.07, 6.45) is 3.61. The van der Waals surface area contributed by atoms with Gasteiger partial charge in [0, 0.05) is 27.9 Å². The number of carbonyl (C=O) groups excluding carboxylic acids is 1. The lowest BCUT2D eigenvalue weighted by Gasteiger charge is -2.57. The molecule has 1 spiro atoms. The number of ether oxygens (including phenoxy) is 1. The molecule has 1 saturated carbocycles. The van der Waals surface area contributed by atoms with E-state index in [-0.39, 0.29) is 11.5 Å². The van der Waals surface area contributed by atoms with Gasteiger partial charge in [-0.1, -0.05) is 15.9 Å². The Labute approximate surface area is 139 Å². The molecule has 4 aliphatic rings. The van der Waals surface area contributed by atoms with Gasteiger partial charge in [0.25, 0.3) is 0 Å². The smallest absolute Gasteiger partial charge is 0.174 e. The maximum atomic E-state index is 12.6. The Bertz CT molecular complexity index is 716. The number of piperidine rings is 1. The number of benzene rings is 1. The first-order valence-corrected chi connectivity index (χ1v) is 9.05. The Kier molecular flexibility index (Phi) is 2.56. The minimum absolute atomic E-state index is 0.0516. The van der Waals surface area contributed by atoms with Crippen LogP contribution < -0.4 is 4.74 Å². The average Bonchev–Trinajstić information content (AvgIpc) is 2.83. The second-order valence-electron chi connectivity index (χ2n) is 7.51. The fourth-order valence-corrected chi connectivity index (χ4v) is 6.44. The SMILES string of the molecule is Cc1cc(Br)c2c3c1O[C@@H]1C(=O)CCC4C(C2)N(C)CC[C@]341. The molecule has 2 fully saturated rings. The van der Waals surface area contributed by atoms with Crippen molar-refractivity contribution in [1.82, 2.24) is 4.90 Å². The van der Waals surface area contributed by atoms with E-state index in [0.717, 1.165) is 31.6 Å². The Morgan fingerprint density at radius 1 is 1.45 bits per heavy atom.